The molecule has 1 atom stereocenters. The molecule has 10 heteroatoms. The van der Waals surface area contributed by atoms with E-state index in [-0.39, 0.29) is 25.7 Å². The van der Waals surface area contributed by atoms with Crippen LogP contribution in [-0.2, 0) is 19.1 Å². The van der Waals surface area contributed by atoms with Gasteiger partial charge in [-0.05, 0) is 13.3 Å². The van der Waals surface area contributed by atoms with Gasteiger partial charge in [-0.3, -0.25) is 0 Å². The predicted molar refractivity (Wildman–Crippen MR) is 70.1 cm³/mol. The van der Waals surface area contributed by atoms with Crippen LogP contribution in [0.3, 0.4) is 0 Å². The smallest absolute Gasteiger partial charge is 0.385 e. The topological polar surface area (TPSA) is 82.1 Å². The van der Waals surface area contributed by atoms with Crippen molar-refractivity contribution in [2.45, 2.75) is 26.1 Å². The fraction of sp³-hybridized carbons (Fsp3) is 0.429. The Hall–Kier alpha value is -2.20. The summed E-state index contributed by atoms with van der Waals surface area (Å²) in [6, 6.07) is -0.0947. The molecular formula is C14H14F4O6. The molecule has 1 aromatic carbocycles. The maximum Gasteiger partial charge on any atom is 0.385 e. The van der Waals surface area contributed by atoms with Crippen molar-refractivity contribution in [2.75, 3.05) is 13.2 Å². The van der Waals surface area contributed by atoms with Crippen LogP contribution in [0.1, 0.15) is 20.3 Å². The minimum absolute atomic E-state index is 0.0947. The van der Waals surface area contributed by atoms with Crippen LogP contribution in [0.25, 0.3) is 0 Å². The zero-order valence-electron chi connectivity index (χ0n) is 12.7. The highest BCUT2D eigenvalue weighted by Gasteiger charge is 2.52. The van der Waals surface area contributed by atoms with E-state index in [0.717, 1.165) is 0 Å². The number of hydrogen-bond acceptors (Lipinski definition) is 5. The summed E-state index contributed by atoms with van der Waals surface area (Å²) in [7, 11) is 0. The number of carbonyl (C=O) groups excluding carboxylic acids is 1. The lowest BCUT2D eigenvalue weighted by Crippen LogP contribution is -2.54. The van der Waals surface area contributed by atoms with E-state index >= 15 is 0 Å². The first-order valence-corrected chi connectivity index (χ1v) is 6.77. The molecule has 1 unspecified atom stereocenters. The number of carboxylic acid groups (broad SMARTS) is 1. The second-order valence-corrected chi connectivity index (χ2v) is 4.39. The van der Waals surface area contributed by atoms with E-state index in [9.17, 15) is 32.3 Å². The molecule has 134 valence electrons. The Kier molecular flexibility index (Phi) is 6.67. The summed E-state index contributed by atoms with van der Waals surface area (Å²) >= 11 is 0. The van der Waals surface area contributed by atoms with E-state index in [4.69, 9.17) is 9.47 Å². The first kappa shape index (κ1) is 19.8. The third-order valence-corrected chi connectivity index (χ3v) is 2.67. The molecule has 1 rings (SSSR count). The van der Waals surface area contributed by atoms with Crippen LogP contribution in [0.4, 0.5) is 17.6 Å². The van der Waals surface area contributed by atoms with Crippen molar-refractivity contribution in [1.29, 1.82) is 0 Å². The number of hydrogen-bond donors (Lipinski definition) is 1. The van der Waals surface area contributed by atoms with Crippen molar-refractivity contribution in [3.8, 4) is 5.75 Å². The summed E-state index contributed by atoms with van der Waals surface area (Å²) in [5, 5.41) is 9.19. The molecule has 0 amide bonds. The zero-order valence-corrected chi connectivity index (χ0v) is 12.7. The molecule has 0 bridgehead atoms. The van der Waals surface area contributed by atoms with Crippen LogP contribution in [0, 0.1) is 23.3 Å². The summed E-state index contributed by atoms with van der Waals surface area (Å²) in [6.07, 6.45) is 0.271. The van der Waals surface area contributed by atoms with Gasteiger partial charge in [-0.2, -0.15) is 8.78 Å². The van der Waals surface area contributed by atoms with Crippen LogP contribution in [0.15, 0.2) is 6.07 Å². The largest absolute Gasteiger partial charge is 0.477 e. The van der Waals surface area contributed by atoms with Crippen molar-refractivity contribution < 1.29 is 46.5 Å². The lowest BCUT2D eigenvalue weighted by Gasteiger charge is -2.26. The van der Waals surface area contributed by atoms with Gasteiger partial charge in [-0.15, -0.1) is 0 Å². The fourth-order valence-electron chi connectivity index (χ4n) is 1.62. The Bertz CT molecular complexity index is 610. The monoisotopic (exact) mass is 354 g/mol. The summed E-state index contributed by atoms with van der Waals surface area (Å²) in [5.74, 6) is -16.3. The third-order valence-electron chi connectivity index (χ3n) is 2.67. The molecule has 0 aliphatic heterocycles. The van der Waals surface area contributed by atoms with Gasteiger partial charge in [0.2, 0.25) is 17.4 Å². The van der Waals surface area contributed by atoms with Crippen LogP contribution < -0.4 is 4.74 Å². The minimum atomic E-state index is -3.04. The standard InChI is InChI=1S/C14H14F4O6/c1-3-5-23-14(12(19)20,22-4-2)13(21)24-11-9(17)7(15)6-8(16)10(11)18/h6H,3-5H2,1-2H3,(H,19,20). The van der Waals surface area contributed by atoms with Crippen molar-refractivity contribution in [3.05, 3.63) is 29.3 Å². The molecule has 1 aromatic rings. The number of carboxylic acids is 1. The van der Waals surface area contributed by atoms with E-state index in [1.165, 1.54) is 6.92 Å². The minimum Gasteiger partial charge on any atom is -0.477 e. The third kappa shape index (κ3) is 3.82. The Morgan fingerprint density at radius 1 is 1.08 bits per heavy atom. The molecule has 6 nitrogen and oxygen atoms in total. The normalized spacial score (nSPS) is 13.4. The molecule has 0 spiro atoms. The highest BCUT2D eigenvalue weighted by atomic mass is 19.2. The highest BCUT2D eigenvalue weighted by Crippen LogP contribution is 2.28. The molecule has 0 fully saturated rings. The number of halogens is 4. The van der Waals surface area contributed by atoms with Gasteiger partial charge in [0, 0.05) is 12.7 Å². The quantitative estimate of drug-likeness (QED) is 0.193. The van der Waals surface area contributed by atoms with Crippen LogP contribution in [0.5, 0.6) is 5.75 Å². The Labute approximate surface area is 133 Å². The molecule has 0 aliphatic carbocycles. The summed E-state index contributed by atoms with van der Waals surface area (Å²) in [6.45, 7) is 2.30. The molecule has 0 radical (unpaired) electrons. The van der Waals surface area contributed by atoms with E-state index in [0.29, 0.717) is 0 Å². The lowest BCUT2D eigenvalue weighted by atomic mass is 10.2. The first-order valence-electron chi connectivity index (χ1n) is 6.77. The summed E-state index contributed by atoms with van der Waals surface area (Å²) in [5.41, 5.74) is 0. The Morgan fingerprint density at radius 3 is 2.04 bits per heavy atom. The number of rotatable bonds is 8. The van der Waals surface area contributed by atoms with Gasteiger partial charge in [0.05, 0.1) is 6.61 Å². The van der Waals surface area contributed by atoms with Crippen LogP contribution in [-0.4, -0.2) is 36.0 Å². The Balaban J connectivity index is 3.29. The molecule has 1 N–H and O–H groups in total. The number of benzene rings is 1. The van der Waals surface area contributed by atoms with Gasteiger partial charge in [0.15, 0.2) is 11.6 Å². The van der Waals surface area contributed by atoms with E-state index in [1.807, 2.05) is 0 Å². The zero-order chi connectivity index (χ0) is 18.5. The van der Waals surface area contributed by atoms with Crippen molar-refractivity contribution in [3.63, 3.8) is 0 Å². The van der Waals surface area contributed by atoms with Gasteiger partial charge in [-0.25, -0.2) is 18.4 Å². The number of carbonyl (C=O) groups is 2. The fourth-order valence-corrected chi connectivity index (χ4v) is 1.62. The van der Waals surface area contributed by atoms with Crippen LogP contribution >= 0.6 is 0 Å². The number of aliphatic carboxylic acids is 1. The van der Waals surface area contributed by atoms with Crippen molar-refractivity contribution in [2.24, 2.45) is 0 Å². The second-order valence-electron chi connectivity index (χ2n) is 4.39. The van der Waals surface area contributed by atoms with Gasteiger partial charge < -0.3 is 19.3 Å². The van der Waals surface area contributed by atoms with Crippen molar-refractivity contribution in [1.82, 2.24) is 0 Å². The predicted octanol–water partition coefficient (Wildman–Crippen LogP) is 2.39. The van der Waals surface area contributed by atoms with Crippen molar-refractivity contribution >= 4 is 11.9 Å². The molecular weight excluding hydrogens is 340 g/mol. The first-order chi connectivity index (χ1) is 11.2. The lowest BCUT2D eigenvalue weighted by molar-refractivity contribution is -0.245. The molecule has 0 heterocycles. The van der Waals surface area contributed by atoms with E-state index in [1.54, 1.807) is 6.92 Å². The van der Waals surface area contributed by atoms with Gasteiger partial charge >= 0.3 is 17.7 Å². The average Bonchev–Trinajstić information content (AvgIpc) is 2.53. The number of esters is 1. The van der Waals surface area contributed by atoms with Gasteiger partial charge in [-0.1, -0.05) is 6.92 Å². The summed E-state index contributed by atoms with van der Waals surface area (Å²) in [4.78, 5) is 23.4. The molecule has 0 aromatic heterocycles. The van der Waals surface area contributed by atoms with Gasteiger partial charge in [0.1, 0.15) is 0 Å². The van der Waals surface area contributed by atoms with E-state index < -0.39 is 46.7 Å². The maximum absolute atomic E-state index is 13.5. The maximum atomic E-state index is 13.5. The van der Waals surface area contributed by atoms with E-state index in [2.05, 4.69) is 4.74 Å². The summed E-state index contributed by atoms with van der Waals surface area (Å²) < 4.78 is 67.1. The van der Waals surface area contributed by atoms with Crippen LogP contribution in [0.2, 0.25) is 0 Å². The average molecular weight is 354 g/mol. The molecule has 24 heavy (non-hydrogen) atoms. The SMILES string of the molecule is CCCOC(OCC)(C(=O)O)C(=O)Oc1c(F)c(F)cc(F)c1F. The molecule has 0 aliphatic rings. The molecule has 0 saturated carbocycles. The highest BCUT2D eigenvalue weighted by molar-refractivity contribution is 6.01. The van der Waals surface area contributed by atoms with Gasteiger partial charge in [0.25, 0.3) is 0 Å². The number of ether oxygens (including phenoxy) is 3. The Morgan fingerprint density at radius 2 is 1.62 bits per heavy atom. The second kappa shape index (κ2) is 8.06. The molecule has 0 saturated heterocycles.